The van der Waals surface area contributed by atoms with Crippen LogP contribution in [0.5, 0.6) is 5.75 Å². The minimum atomic E-state index is -0.507. The van der Waals surface area contributed by atoms with Crippen LogP contribution >= 0.6 is 11.8 Å². The van der Waals surface area contributed by atoms with Gasteiger partial charge in [0.25, 0.3) is 5.91 Å². The van der Waals surface area contributed by atoms with Crippen molar-refractivity contribution in [2.75, 3.05) is 24.7 Å². The number of nitrogens with zero attached hydrogens (tertiary/aromatic N) is 1. The highest BCUT2D eigenvalue weighted by Crippen LogP contribution is 2.21. The van der Waals surface area contributed by atoms with E-state index in [1.54, 1.807) is 47.9 Å². The van der Waals surface area contributed by atoms with Gasteiger partial charge >= 0.3 is 5.97 Å². The molecule has 1 saturated heterocycles. The number of amides is 1. The van der Waals surface area contributed by atoms with E-state index in [1.807, 2.05) is 13.8 Å². The summed E-state index contributed by atoms with van der Waals surface area (Å²) in [6.45, 7) is 6.55. The first-order valence-corrected chi connectivity index (χ1v) is 9.00. The number of hydrogen-bond acceptors (Lipinski definition) is 5. The summed E-state index contributed by atoms with van der Waals surface area (Å²) in [5.41, 5.74) is 0.558. The zero-order valence-corrected chi connectivity index (χ0v) is 14.6. The van der Waals surface area contributed by atoms with Crippen molar-refractivity contribution in [3.05, 3.63) is 29.8 Å². The van der Waals surface area contributed by atoms with Crippen LogP contribution in [0.15, 0.2) is 24.3 Å². The van der Waals surface area contributed by atoms with E-state index >= 15 is 0 Å². The molecule has 0 unspecified atom stereocenters. The van der Waals surface area contributed by atoms with Crippen molar-refractivity contribution in [2.45, 2.75) is 32.9 Å². The molecule has 5 nitrogen and oxygen atoms in total. The normalized spacial score (nSPS) is 17.9. The van der Waals surface area contributed by atoms with Gasteiger partial charge in [-0.2, -0.15) is 11.8 Å². The maximum absolute atomic E-state index is 12.7. The molecule has 6 heteroatoms. The van der Waals surface area contributed by atoms with Crippen molar-refractivity contribution in [1.82, 2.24) is 4.90 Å². The largest absolute Gasteiger partial charge is 0.491 e. The summed E-state index contributed by atoms with van der Waals surface area (Å²) in [6.07, 6.45) is 0.0869. The summed E-state index contributed by atoms with van der Waals surface area (Å²) >= 11 is 1.67. The molecule has 1 aliphatic heterocycles. The molecule has 0 bridgehead atoms. The van der Waals surface area contributed by atoms with E-state index in [-0.39, 0.29) is 18.0 Å². The first-order valence-electron chi connectivity index (χ1n) is 7.85. The van der Waals surface area contributed by atoms with Crippen LogP contribution in [-0.4, -0.2) is 53.6 Å². The van der Waals surface area contributed by atoms with Crippen LogP contribution in [0.3, 0.4) is 0 Å². The fourth-order valence-electron chi connectivity index (χ4n) is 2.39. The second-order valence-electron chi connectivity index (χ2n) is 5.53. The lowest BCUT2D eigenvalue weighted by atomic mass is 10.1. The molecule has 1 amide bonds. The molecule has 23 heavy (non-hydrogen) atoms. The molecular formula is C17H23NO4S. The van der Waals surface area contributed by atoms with Crippen LogP contribution in [0.4, 0.5) is 0 Å². The van der Waals surface area contributed by atoms with Crippen LogP contribution in [0.1, 0.15) is 31.1 Å². The van der Waals surface area contributed by atoms with Crippen LogP contribution in [0.2, 0.25) is 0 Å². The van der Waals surface area contributed by atoms with Gasteiger partial charge in [0.2, 0.25) is 0 Å². The standard InChI is InChI=1S/C17H23NO4S/c1-4-21-17(20)15-11-23-10-9-18(15)16(19)13-5-7-14(8-6-13)22-12(2)3/h5-8,12,15H,4,9-11H2,1-3H3/t15-/m1/s1. The molecule has 0 radical (unpaired) electrons. The molecule has 0 N–H and O–H groups in total. The number of benzene rings is 1. The van der Waals surface area contributed by atoms with Crippen molar-refractivity contribution < 1.29 is 19.1 Å². The predicted molar refractivity (Wildman–Crippen MR) is 91.0 cm³/mol. The Kier molecular flexibility index (Phi) is 6.33. The predicted octanol–water partition coefficient (Wildman–Crippen LogP) is 2.59. The SMILES string of the molecule is CCOC(=O)[C@H]1CSCCN1C(=O)c1ccc(OC(C)C)cc1. The first kappa shape index (κ1) is 17.7. The van der Waals surface area contributed by atoms with Gasteiger partial charge < -0.3 is 14.4 Å². The Bertz CT molecular complexity index is 544. The van der Waals surface area contributed by atoms with E-state index in [2.05, 4.69) is 0 Å². The maximum Gasteiger partial charge on any atom is 0.329 e. The zero-order valence-electron chi connectivity index (χ0n) is 13.8. The Morgan fingerprint density at radius 1 is 1.30 bits per heavy atom. The molecule has 1 aliphatic rings. The fourth-order valence-corrected chi connectivity index (χ4v) is 3.43. The van der Waals surface area contributed by atoms with Gasteiger partial charge in [-0.3, -0.25) is 4.79 Å². The Hall–Kier alpha value is -1.69. The zero-order chi connectivity index (χ0) is 16.8. The molecule has 0 aliphatic carbocycles. The molecule has 1 aromatic carbocycles. The van der Waals surface area contributed by atoms with E-state index in [0.29, 0.717) is 24.5 Å². The van der Waals surface area contributed by atoms with Crippen molar-refractivity contribution in [3.8, 4) is 5.75 Å². The van der Waals surface area contributed by atoms with Gasteiger partial charge in [0.15, 0.2) is 0 Å². The molecule has 1 atom stereocenters. The molecule has 0 spiro atoms. The van der Waals surface area contributed by atoms with Crippen molar-refractivity contribution in [3.63, 3.8) is 0 Å². The number of carbonyl (C=O) groups is 2. The minimum absolute atomic E-state index is 0.0869. The average molecular weight is 337 g/mol. The highest BCUT2D eigenvalue weighted by atomic mass is 32.2. The number of thioether (sulfide) groups is 1. The third kappa shape index (κ3) is 4.64. The average Bonchev–Trinajstić information content (AvgIpc) is 2.54. The molecule has 1 fully saturated rings. The van der Waals surface area contributed by atoms with Gasteiger partial charge in [-0.25, -0.2) is 4.79 Å². The smallest absolute Gasteiger partial charge is 0.329 e. The van der Waals surface area contributed by atoms with Gasteiger partial charge in [-0.05, 0) is 45.0 Å². The van der Waals surface area contributed by atoms with Crippen LogP contribution < -0.4 is 4.74 Å². The van der Waals surface area contributed by atoms with Crippen LogP contribution in [0, 0.1) is 0 Å². The van der Waals surface area contributed by atoms with Gasteiger partial charge in [0, 0.05) is 23.6 Å². The maximum atomic E-state index is 12.7. The Labute approximate surface area is 141 Å². The fraction of sp³-hybridized carbons (Fsp3) is 0.529. The summed E-state index contributed by atoms with van der Waals surface area (Å²) < 4.78 is 10.7. The van der Waals surface area contributed by atoms with E-state index in [0.717, 1.165) is 11.5 Å². The third-order valence-corrected chi connectivity index (χ3v) is 4.44. The molecule has 2 rings (SSSR count). The number of esters is 1. The lowest BCUT2D eigenvalue weighted by Gasteiger charge is -2.33. The second-order valence-corrected chi connectivity index (χ2v) is 6.68. The third-order valence-electron chi connectivity index (χ3n) is 3.42. The highest BCUT2D eigenvalue weighted by molar-refractivity contribution is 7.99. The summed E-state index contributed by atoms with van der Waals surface area (Å²) in [5, 5.41) is 0. The van der Waals surface area contributed by atoms with Gasteiger partial charge in [0.05, 0.1) is 12.7 Å². The van der Waals surface area contributed by atoms with Gasteiger partial charge in [0.1, 0.15) is 11.8 Å². The van der Waals surface area contributed by atoms with Gasteiger partial charge in [-0.15, -0.1) is 0 Å². The van der Waals surface area contributed by atoms with Crippen LogP contribution in [0.25, 0.3) is 0 Å². The molecule has 126 valence electrons. The molecule has 0 aromatic heterocycles. The van der Waals surface area contributed by atoms with Crippen molar-refractivity contribution in [2.24, 2.45) is 0 Å². The number of carbonyl (C=O) groups excluding carboxylic acids is 2. The summed E-state index contributed by atoms with van der Waals surface area (Å²) in [4.78, 5) is 26.4. The first-order chi connectivity index (χ1) is 11.0. The quantitative estimate of drug-likeness (QED) is 0.773. The van der Waals surface area contributed by atoms with E-state index < -0.39 is 6.04 Å². The Morgan fingerprint density at radius 3 is 2.61 bits per heavy atom. The molecular weight excluding hydrogens is 314 g/mol. The van der Waals surface area contributed by atoms with Crippen molar-refractivity contribution >= 4 is 23.6 Å². The summed E-state index contributed by atoms with van der Waals surface area (Å²) in [5.74, 6) is 1.68. The number of hydrogen-bond donors (Lipinski definition) is 0. The number of rotatable bonds is 5. The molecule has 1 aromatic rings. The minimum Gasteiger partial charge on any atom is -0.491 e. The molecule has 1 heterocycles. The lowest BCUT2D eigenvalue weighted by molar-refractivity contribution is -0.147. The van der Waals surface area contributed by atoms with Crippen molar-refractivity contribution in [1.29, 1.82) is 0 Å². The Morgan fingerprint density at radius 2 is 2.00 bits per heavy atom. The topological polar surface area (TPSA) is 55.8 Å². The van der Waals surface area contributed by atoms with Gasteiger partial charge in [-0.1, -0.05) is 0 Å². The second kappa shape index (κ2) is 8.24. The summed E-state index contributed by atoms with van der Waals surface area (Å²) in [7, 11) is 0. The van der Waals surface area contributed by atoms with Crippen LogP contribution in [-0.2, 0) is 9.53 Å². The highest BCUT2D eigenvalue weighted by Gasteiger charge is 2.34. The lowest BCUT2D eigenvalue weighted by Crippen LogP contribution is -2.51. The number of ether oxygens (including phenoxy) is 2. The monoisotopic (exact) mass is 337 g/mol. The van der Waals surface area contributed by atoms with E-state index in [1.165, 1.54) is 0 Å². The van der Waals surface area contributed by atoms with E-state index in [4.69, 9.17) is 9.47 Å². The molecule has 0 saturated carbocycles. The van der Waals surface area contributed by atoms with E-state index in [9.17, 15) is 9.59 Å². The summed E-state index contributed by atoms with van der Waals surface area (Å²) in [6, 6.07) is 6.54. The Balaban J connectivity index is 2.11.